The largest absolute Gasteiger partial charge is 0.454 e. The highest BCUT2D eigenvalue weighted by Gasteiger charge is 2.29. The van der Waals surface area contributed by atoms with E-state index in [1.807, 2.05) is 16.7 Å². The molecule has 1 aliphatic carbocycles. The highest BCUT2D eigenvalue weighted by molar-refractivity contribution is 7.89. The zero-order chi connectivity index (χ0) is 24.6. The summed E-state index contributed by atoms with van der Waals surface area (Å²) in [5.41, 5.74) is 1.19. The van der Waals surface area contributed by atoms with Crippen LogP contribution in [0.15, 0.2) is 58.9 Å². The molecule has 1 aromatic heterocycles. The van der Waals surface area contributed by atoms with Crippen molar-refractivity contribution in [3.05, 3.63) is 59.4 Å². The Morgan fingerprint density at radius 3 is 2.54 bits per heavy atom. The standard InChI is InChI=1S/C25H27N3O5S2/c1-3-13-28-20-14-21-22(33-16-32-21)15-23(20)34-25(28)26-24(29)17-9-11-19(12-10-17)35(30,31)27(2)18-7-5-4-6-8-18/h3,9-12,14-15,18H,1,4-8,13,16H2,2H3. The first kappa shape index (κ1) is 23.8. The van der Waals surface area contributed by atoms with Gasteiger partial charge in [-0.05, 0) is 37.1 Å². The van der Waals surface area contributed by atoms with Gasteiger partial charge in [0.25, 0.3) is 5.91 Å². The number of sulfonamides is 1. The predicted octanol–water partition coefficient (Wildman–Crippen LogP) is 4.31. The number of aromatic nitrogens is 1. The van der Waals surface area contributed by atoms with Crippen LogP contribution >= 0.6 is 11.3 Å². The van der Waals surface area contributed by atoms with Crippen LogP contribution in [0.4, 0.5) is 0 Å². The number of rotatable bonds is 6. The van der Waals surface area contributed by atoms with E-state index in [2.05, 4.69) is 11.6 Å². The van der Waals surface area contributed by atoms with Gasteiger partial charge in [-0.25, -0.2) is 8.42 Å². The normalized spacial score (nSPS) is 16.8. The first-order valence-corrected chi connectivity index (χ1v) is 13.8. The van der Waals surface area contributed by atoms with E-state index in [4.69, 9.17) is 9.47 Å². The molecule has 2 aromatic carbocycles. The first-order chi connectivity index (χ1) is 16.9. The number of benzene rings is 2. The van der Waals surface area contributed by atoms with E-state index < -0.39 is 15.9 Å². The van der Waals surface area contributed by atoms with Gasteiger partial charge in [0.05, 0.1) is 15.1 Å². The molecule has 35 heavy (non-hydrogen) atoms. The summed E-state index contributed by atoms with van der Waals surface area (Å²) in [6.07, 6.45) is 6.75. The SMILES string of the molecule is C=CCn1c(=NC(=O)c2ccc(S(=O)(=O)N(C)C3CCCCC3)cc2)sc2cc3c(cc21)OCO3. The van der Waals surface area contributed by atoms with Gasteiger partial charge in [0, 0.05) is 37.3 Å². The van der Waals surface area contributed by atoms with E-state index in [9.17, 15) is 13.2 Å². The Bertz CT molecular complexity index is 1450. The molecule has 0 saturated heterocycles. The lowest BCUT2D eigenvalue weighted by Crippen LogP contribution is -2.38. The lowest BCUT2D eigenvalue weighted by atomic mass is 9.96. The lowest BCUT2D eigenvalue weighted by molar-refractivity contribution is 0.0997. The minimum absolute atomic E-state index is 0.0236. The maximum Gasteiger partial charge on any atom is 0.279 e. The van der Waals surface area contributed by atoms with Crippen LogP contribution in [0, 0.1) is 0 Å². The predicted molar refractivity (Wildman–Crippen MR) is 134 cm³/mol. The fourth-order valence-corrected chi connectivity index (χ4v) is 7.04. The molecule has 2 aliphatic rings. The van der Waals surface area contributed by atoms with Crippen molar-refractivity contribution < 1.29 is 22.7 Å². The van der Waals surface area contributed by atoms with E-state index in [1.165, 1.54) is 39.9 Å². The van der Waals surface area contributed by atoms with E-state index in [1.54, 1.807) is 13.1 Å². The summed E-state index contributed by atoms with van der Waals surface area (Å²) in [6, 6.07) is 9.80. The third-order valence-electron chi connectivity index (χ3n) is 6.55. The topological polar surface area (TPSA) is 90.2 Å². The Hall–Kier alpha value is -2.95. The van der Waals surface area contributed by atoms with Gasteiger partial charge in [0.15, 0.2) is 16.3 Å². The molecule has 0 N–H and O–H groups in total. The van der Waals surface area contributed by atoms with Crippen molar-refractivity contribution in [3.8, 4) is 11.5 Å². The molecule has 5 rings (SSSR count). The van der Waals surface area contributed by atoms with E-state index in [-0.39, 0.29) is 17.7 Å². The zero-order valence-electron chi connectivity index (χ0n) is 19.5. The van der Waals surface area contributed by atoms with Crippen molar-refractivity contribution in [2.24, 2.45) is 4.99 Å². The number of fused-ring (bicyclic) bond motifs is 2. The van der Waals surface area contributed by atoms with Gasteiger partial charge in [-0.3, -0.25) is 4.79 Å². The van der Waals surface area contributed by atoms with E-state index in [0.717, 1.165) is 42.3 Å². The van der Waals surface area contributed by atoms with Crippen LogP contribution in [-0.2, 0) is 16.6 Å². The maximum absolute atomic E-state index is 13.1. The van der Waals surface area contributed by atoms with Gasteiger partial charge in [-0.2, -0.15) is 9.30 Å². The molecule has 0 radical (unpaired) electrons. The molecule has 1 aliphatic heterocycles. The number of nitrogens with zero attached hydrogens (tertiary/aromatic N) is 3. The van der Waals surface area contributed by atoms with Crippen molar-refractivity contribution in [3.63, 3.8) is 0 Å². The smallest absolute Gasteiger partial charge is 0.279 e. The summed E-state index contributed by atoms with van der Waals surface area (Å²) in [5, 5.41) is 0. The Labute approximate surface area is 208 Å². The third-order valence-corrected chi connectivity index (χ3v) is 9.52. The maximum atomic E-state index is 13.1. The fraction of sp³-hybridized carbons (Fsp3) is 0.360. The molecule has 184 valence electrons. The van der Waals surface area contributed by atoms with E-state index in [0.29, 0.717) is 28.4 Å². The molecule has 3 aromatic rings. The Morgan fingerprint density at radius 2 is 1.86 bits per heavy atom. The van der Waals surface area contributed by atoms with Crippen molar-refractivity contribution in [1.82, 2.24) is 8.87 Å². The Kier molecular flexibility index (Phi) is 6.52. The van der Waals surface area contributed by atoms with Gasteiger partial charge in [-0.15, -0.1) is 6.58 Å². The molecule has 10 heteroatoms. The highest BCUT2D eigenvalue weighted by atomic mass is 32.2. The van der Waals surface area contributed by atoms with Crippen LogP contribution in [0.1, 0.15) is 42.5 Å². The number of amides is 1. The molecule has 0 atom stereocenters. The molecule has 1 saturated carbocycles. The first-order valence-electron chi connectivity index (χ1n) is 11.6. The average molecular weight is 514 g/mol. The van der Waals surface area contributed by atoms with Crippen LogP contribution in [0.25, 0.3) is 10.2 Å². The number of carbonyl (C=O) groups excluding carboxylic acids is 1. The number of ether oxygens (including phenoxy) is 2. The number of hydrogen-bond donors (Lipinski definition) is 0. The van der Waals surface area contributed by atoms with Crippen LogP contribution in [0.3, 0.4) is 0 Å². The second kappa shape index (κ2) is 9.60. The zero-order valence-corrected chi connectivity index (χ0v) is 21.1. The Balaban J connectivity index is 1.43. The minimum atomic E-state index is -3.62. The number of allylic oxidation sites excluding steroid dienone is 1. The second-order valence-corrected chi connectivity index (χ2v) is 11.7. The van der Waals surface area contributed by atoms with Crippen molar-refractivity contribution in [2.75, 3.05) is 13.8 Å². The molecule has 8 nitrogen and oxygen atoms in total. The average Bonchev–Trinajstić information content (AvgIpc) is 3.46. The summed E-state index contributed by atoms with van der Waals surface area (Å²) in [7, 11) is -1.98. The van der Waals surface area contributed by atoms with Crippen molar-refractivity contribution in [1.29, 1.82) is 0 Å². The van der Waals surface area contributed by atoms with Crippen molar-refractivity contribution in [2.45, 2.75) is 49.6 Å². The summed E-state index contributed by atoms with van der Waals surface area (Å²) in [6.45, 7) is 4.47. The molecule has 2 heterocycles. The second-order valence-electron chi connectivity index (χ2n) is 8.71. The number of thiazole rings is 1. The highest BCUT2D eigenvalue weighted by Crippen LogP contribution is 2.37. The minimum Gasteiger partial charge on any atom is -0.454 e. The van der Waals surface area contributed by atoms with Crippen molar-refractivity contribution >= 4 is 37.5 Å². The van der Waals surface area contributed by atoms with Gasteiger partial charge in [0.2, 0.25) is 16.8 Å². The molecular weight excluding hydrogens is 486 g/mol. The van der Waals surface area contributed by atoms with Crippen LogP contribution in [0.2, 0.25) is 0 Å². The number of hydrogen-bond acceptors (Lipinski definition) is 6. The fourth-order valence-electron chi connectivity index (χ4n) is 4.58. The molecule has 0 bridgehead atoms. The monoisotopic (exact) mass is 513 g/mol. The van der Waals surface area contributed by atoms with E-state index >= 15 is 0 Å². The molecule has 0 spiro atoms. The van der Waals surface area contributed by atoms with Crippen LogP contribution < -0.4 is 14.3 Å². The summed E-state index contributed by atoms with van der Waals surface area (Å²) >= 11 is 1.37. The third kappa shape index (κ3) is 4.53. The summed E-state index contributed by atoms with van der Waals surface area (Å²) < 4.78 is 41.4. The van der Waals surface area contributed by atoms with Gasteiger partial charge in [0.1, 0.15) is 0 Å². The van der Waals surface area contributed by atoms with Gasteiger partial charge < -0.3 is 14.0 Å². The van der Waals surface area contributed by atoms with Crippen LogP contribution in [-0.4, -0.2) is 43.1 Å². The summed E-state index contributed by atoms with van der Waals surface area (Å²) in [5.74, 6) is 0.873. The van der Waals surface area contributed by atoms with Gasteiger partial charge >= 0.3 is 0 Å². The van der Waals surface area contributed by atoms with Gasteiger partial charge in [-0.1, -0.05) is 36.7 Å². The quantitative estimate of drug-likeness (QED) is 0.458. The number of carbonyl (C=O) groups is 1. The molecule has 1 amide bonds. The Morgan fingerprint density at radius 1 is 1.17 bits per heavy atom. The van der Waals surface area contributed by atoms with Crippen LogP contribution in [0.5, 0.6) is 11.5 Å². The summed E-state index contributed by atoms with van der Waals surface area (Å²) in [4.78, 5) is 18.0. The molecule has 0 unspecified atom stereocenters. The molecular formula is C25H27N3O5S2. The lowest BCUT2D eigenvalue weighted by Gasteiger charge is -2.30. The molecule has 1 fully saturated rings.